The fourth-order valence-corrected chi connectivity index (χ4v) is 3.10. The molecule has 0 aliphatic rings. The third-order valence-electron chi connectivity index (χ3n) is 4.36. The van der Waals surface area contributed by atoms with Gasteiger partial charge in [0.2, 0.25) is 0 Å². The maximum Gasteiger partial charge on any atom is 0.320 e. The Hall–Kier alpha value is -3.35. The van der Waals surface area contributed by atoms with E-state index in [1.54, 1.807) is 6.26 Å². The van der Waals surface area contributed by atoms with Crippen LogP contribution in [0.4, 0.5) is 5.82 Å². The highest BCUT2D eigenvalue weighted by Gasteiger charge is 2.20. The summed E-state index contributed by atoms with van der Waals surface area (Å²) in [5.74, 6) is 2.06. The molecule has 2 N–H and O–H groups in total. The van der Waals surface area contributed by atoms with E-state index in [-0.39, 0.29) is 6.01 Å². The number of hydrogen-bond donors (Lipinski definition) is 1. The molecule has 0 saturated heterocycles. The quantitative estimate of drug-likeness (QED) is 0.524. The predicted molar refractivity (Wildman–Crippen MR) is 108 cm³/mol. The van der Waals surface area contributed by atoms with Crippen LogP contribution in [0.3, 0.4) is 0 Å². The fraction of sp³-hybridized carbons (Fsp3) is 0.286. The van der Waals surface area contributed by atoms with Crippen LogP contribution in [0.5, 0.6) is 6.01 Å². The molecule has 0 saturated carbocycles. The minimum atomic E-state index is 0.261. The second kappa shape index (κ2) is 7.72. The maximum atomic E-state index is 6.17. The monoisotopic (exact) mass is 377 g/mol. The van der Waals surface area contributed by atoms with Crippen LogP contribution in [0.1, 0.15) is 19.4 Å². The van der Waals surface area contributed by atoms with Gasteiger partial charge in [-0.05, 0) is 23.6 Å². The molecule has 0 spiro atoms. The van der Waals surface area contributed by atoms with Gasteiger partial charge in [0.05, 0.1) is 12.9 Å². The standard InChI is InChI=1S/C21H23N5O2/c1-14(2)13-26-19(16-9-6-11-27-16)23-17-18(22)24-21(25-20(17)26)28-12-10-15-7-4-3-5-8-15/h3-9,11,14H,10,12-13H2,1-2H3,(H2,22,24,25). The van der Waals surface area contributed by atoms with Crippen molar-refractivity contribution in [3.05, 3.63) is 54.3 Å². The molecule has 0 atom stereocenters. The van der Waals surface area contributed by atoms with E-state index in [4.69, 9.17) is 14.9 Å². The zero-order valence-corrected chi connectivity index (χ0v) is 16.0. The van der Waals surface area contributed by atoms with Gasteiger partial charge < -0.3 is 19.5 Å². The van der Waals surface area contributed by atoms with Crippen LogP contribution in [0.15, 0.2) is 53.1 Å². The number of nitrogens with two attached hydrogens (primary N) is 1. The van der Waals surface area contributed by atoms with Crippen LogP contribution >= 0.6 is 0 Å². The van der Waals surface area contributed by atoms with Crippen LogP contribution in [0.25, 0.3) is 22.7 Å². The molecule has 0 unspecified atom stereocenters. The summed E-state index contributed by atoms with van der Waals surface area (Å²) in [6.07, 6.45) is 2.40. The molecule has 28 heavy (non-hydrogen) atoms. The summed E-state index contributed by atoms with van der Waals surface area (Å²) in [4.78, 5) is 13.5. The number of anilines is 1. The Morgan fingerprint density at radius 1 is 1.07 bits per heavy atom. The molecule has 4 rings (SSSR count). The highest BCUT2D eigenvalue weighted by Crippen LogP contribution is 2.28. The van der Waals surface area contributed by atoms with Gasteiger partial charge in [0.15, 0.2) is 28.6 Å². The number of benzene rings is 1. The number of ether oxygens (including phenoxy) is 1. The summed E-state index contributed by atoms with van der Waals surface area (Å²) < 4.78 is 13.4. The molecule has 1 aromatic carbocycles. The number of nitrogens with zero attached hydrogens (tertiary/aromatic N) is 4. The van der Waals surface area contributed by atoms with Crippen molar-refractivity contribution in [1.82, 2.24) is 19.5 Å². The predicted octanol–water partition coefficient (Wildman–Crippen LogP) is 3.95. The Bertz CT molecular complexity index is 1060. The van der Waals surface area contributed by atoms with Crippen molar-refractivity contribution in [3.8, 4) is 17.6 Å². The number of furan rings is 1. The molecule has 3 aromatic heterocycles. The SMILES string of the molecule is CC(C)Cn1c(-c2ccco2)nc2c(N)nc(OCCc3ccccc3)nc21. The first-order valence-electron chi connectivity index (χ1n) is 9.36. The minimum absolute atomic E-state index is 0.261. The van der Waals surface area contributed by atoms with Crippen LogP contribution in [-0.4, -0.2) is 26.1 Å². The van der Waals surface area contributed by atoms with Gasteiger partial charge in [-0.3, -0.25) is 0 Å². The molecule has 7 heteroatoms. The highest BCUT2D eigenvalue weighted by molar-refractivity contribution is 5.85. The van der Waals surface area contributed by atoms with Crippen molar-refractivity contribution >= 4 is 17.0 Å². The Morgan fingerprint density at radius 2 is 1.89 bits per heavy atom. The molecule has 3 heterocycles. The van der Waals surface area contributed by atoms with Crippen molar-refractivity contribution in [3.63, 3.8) is 0 Å². The Labute approximate surface area is 163 Å². The molecule has 0 bridgehead atoms. The van der Waals surface area contributed by atoms with Gasteiger partial charge in [-0.15, -0.1) is 0 Å². The van der Waals surface area contributed by atoms with Crippen molar-refractivity contribution in [2.75, 3.05) is 12.3 Å². The Kier molecular flexibility index (Phi) is 4.97. The van der Waals surface area contributed by atoms with Gasteiger partial charge in [-0.2, -0.15) is 9.97 Å². The molecule has 0 amide bonds. The van der Waals surface area contributed by atoms with E-state index in [9.17, 15) is 0 Å². The third-order valence-corrected chi connectivity index (χ3v) is 4.36. The number of nitrogen functional groups attached to an aromatic ring is 1. The number of imidazole rings is 1. The lowest BCUT2D eigenvalue weighted by molar-refractivity contribution is 0.297. The van der Waals surface area contributed by atoms with Gasteiger partial charge in [-0.1, -0.05) is 44.2 Å². The number of aromatic nitrogens is 4. The fourth-order valence-electron chi connectivity index (χ4n) is 3.10. The van der Waals surface area contributed by atoms with Crippen molar-refractivity contribution in [2.45, 2.75) is 26.8 Å². The molecule has 4 aromatic rings. The lowest BCUT2D eigenvalue weighted by atomic mass is 10.2. The summed E-state index contributed by atoms with van der Waals surface area (Å²) >= 11 is 0. The second-order valence-electron chi connectivity index (χ2n) is 7.06. The van der Waals surface area contributed by atoms with Crippen LogP contribution < -0.4 is 10.5 Å². The second-order valence-corrected chi connectivity index (χ2v) is 7.06. The topological polar surface area (TPSA) is 92.0 Å². The lowest BCUT2D eigenvalue weighted by Gasteiger charge is -2.11. The molecular formula is C21H23N5O2. The average Bonchev–Trinajstić information content (AvgIpc) is 3.31. The van der Waals surface area contributed by atoms with E-state index in [1.165, 1.54) is 5.56 Å². The van der Waals surface area contributed by atoms with E-state index in [2.05, 4.69) is 40.9 Å². The zero-order chi connectivity index (χ0) is 19.5. The van der Waals surface area contributed by atoms with Gasteiger partial charge in [0, 0.05) is 13.0 Å². The van der Waals surface area contributed by atoms with E-state index in [0.717, 1.165) is 13.0 Å². The summed E-state index contributed by atoms with van der Waals surface area (Å²) in [5, 5.41) is 0. The van der Waals surface area contributed by atoms with E-state index in [1.807, 2.05) is 34.9 Å². The molecule has 0 aliphatic carbocycles. The lowest BCUT2D eigenvalue weighted by Crippen LogP contribution is -2.09. The van der Waals surface area contributed by atoms with Gasteiger partial charge in [0.1, 0.15) is 0 Å². The number of rotatable bonds is 7. The average molecular weight is 377 g/mol. The molecule has 7 nitrogen and oxygen atoms in total. The van der Waals surface area contributed by atoms with Crippen molar-refractivity contribution < 1.29 is 9.15 Å². The van der Waals surface area contributed by atoms with Gasteiger partial charge >= 0.3 is 6.01 Å². The largest absolute Gasteiger partial charge is 0.463 e. The molecular weight excluding hydrogens is 354 g/mol. The summed E-state index contributed by atoms with van der Waals surface area (Å²) in [7, 11) is 0. The minimum Gasteiger partial charge on any atom is -0.463 e. The van der Waals surface area contributed by atoms with Crippen LogP contribution in [0.2, 0.25) is 0 Å². The molecule has 0 fully saturated rings. The summed E-state index contributed by atoms with van der Waals surface area (Å²) in [5.41, 5.74) is 8.58. The normalized spacial score (nSPS) is 11.4. The summed E-state index contributed by atoms with van der Waals surface area (Å²) in [6, 6.07) is 14.1. The first kappa shape index (κ1) is 18.0. The van der Waals surface area contributed by atoms with E-state index < -0.39 is 0 Å². The van der Waals surface area contributed by atoms with Crippen LogP contribution in [-0.2, 0) is 13.0 Å². The van der Waals surface area contributed by atoms with Crippen LogP contribution in [0, 0.1) is 5.92 Å². The van der Waals surface area contributed by atoms with E-state index in [0.29, 0.717) is 41.1 Å². The third kappa shape index (κ3) is 3.69. The Morgan fingerprint density at radius 3 is 2.61 bits per heavy atom. The van der Waals surface area contributed by atoms with Gasteiger partial charge in [-0.25, -0.2) is 4.98 Å². The first-order valence-corrected chi connectivity index (χ1v) is 9.36. The highest BCUT2D eigenvalue weighted by atomic mass is 16.5. The van der Waals surface area contributed by atoms with Crippen molar-refractivity contribution in [1.29, 1.82) is 0 Å². The Balaban J connectivity index is 1.66. The van der Waals surface area contributed by atoms with Crippen molar-refractivity contribution in [2.24, 2.45) is 5.92 Å². The molecule has 0 aliphatic heterocycles. The number of fused-ring (bicyclic) bond motifs is 1. The summed E-state index contributed by atoms with van der Waals surface area (Å²) in [6.45, 7) is 5.48. The number of hydrogen-bond acceptors (Lipinski definition) is 6. The first-order chi connectivity index (χ1) is 13.6. The van der Waals surface area contributed by atoms with Gasteiger partial charge in [0.25, 0.3) is 0 Å². The van der Waals surface area contributed by atoms with E-state index >= 15 is 0 Å². The molecule has 0 radical (unpaired) electrons. The maximum absolute atomic E-state index is 6.17. The zero-order valence-electron chi connectivity index (χ0n) is 16.0. The molecule has 144 valence electrons. The smallest absolute Gasteiger partial charge is 0.320 e.